The number of hydrogen-bond acceptors (Lipinski definition) is 6. The van der Waals surface area contributed by atoms with Gasteiger partial charge in [-0.25, -0.2) is 9.48 Å². The van der Waals surface area contributed by atoms with Gasteiger partial charge in [0.25, 0.3) is 5.91 Å². The molecule has 4 rings (SSSR count). The molecule has 0 aliphatic carbocycles. The molecule has 0 radical (unpaired) electrons. The van der Waals surface area contributed by atoms with E-state index in [1.807, 2.05) is 56.3 Å². The molecule has 2 atom stereocenters. The average molecular weight is 450 g/mol. The van der Waals surface area contributed by atoms with E-state index in [0.29, 0.717) is 24.5 Å². The Balaban J connectivity index is 1.56. The summed E-state index contributed by atoms with van der Waals surface area (Å²) in [4.78, 5) is 27.3. The van der Waals surface area contributed by atoms with E-state index in [1.54, 1.807) is 35.0 Å². The maximum Gasteiger partial charge on any atom is 0.342 e. The van der Waals surface area contributed by atoms with E-state index in [0.717, 1.165) is 11.3 Å². The third-order valence-electron chi connectivity index (χ3n) is 5.42. The van der Waals surface area contributed by atoms with E-state index in [4.69, 9.17) is 14.2 Å². The van der Waals surface area contributed by atoms with Gasteiger partial charge in [0.05, 0.1) is 25.0 Å². The van der Waals surface area contributed by atoms with Crippen LogP contribution in [0.25, 0.3) is 16.9 Å². The molecule has 3 aromatic rings. The van der Waals surface area contributed by atoms with E-state index in [9.17, 15) is 9.59 Å². The zero-order chi connectivity index (χ0) is 23.4. The average Bonchev–Trinajstić information content (AvgIpc) is 3.28. The van der Waals surface area contributed by atoms with Gasteiger partial charge in [0.1, 0.15) is 17.0 Å². The van der Waals surface area contributed by atoms with Gasteiger partial charge in [-0.1, -0.05) is 18.2 Å². The third kappa shape index (κ3) is 5.23. The summed E-state index contributed by atoms with van der Waals surface area (Å²) >= 11 is 0. The second kappa shape index (κ2) is 9.87. The van der Waals surface area contributed by atoms with Crippen LogP contribution < -0.4 is 4.74 Å². The largest absolute Gasteiger partial charge is 0.497 e. The van der Waals surface area contributed by atoms with Crippen molar-refractivity contribution in [1.29, 1.82) is 0 Å². The molecule has 8 heteroatoms. The highest BCUT2D eigenvalue weighted by Gasteiger charge is 2.27. The Hall–Kier alpha value is -3.65. The molecule has 1 fully saturated rings. The lowest BCUT2D eigenvalue weighted by atomic mass is 10.1. The molecule has 2 aromatic carbocycles. The van der Waals surface area contributed by atoms with Gasteiger partial charge in [-0.3, -0.25) is 4.79 Å². The van der Waals surface area contributed by atoms with Crippen molar-refractivity contribution in [2.75, 3.05) is 26.8 Å². The molecule has 1 saturated heterocycles. The summed E-state index contributed by atoms with van der Waals surface area (Å²) in [5.74, 6) is -0.151. The van der Waals surface area contributed by atoms with Crippen molar-refractivity contribution < 1.29 is 23.8 Å². The molecule has 172 valence electrons. The van der Waals surface area contributed by atoms with Crippen molar-refractivity contribution in [3.05, 3.63) is 66.4 Å². The lowest BCUT2D eigenvalue weighted by Gasteiger charge is -2.35. The minimum absolute atomic E-state index is 0.0563. The van der Waals surface area contributed by atoms with Gasteiger partial charge >= 0.3 is 5.97 Å². The molecule has 1 aromatic heterocycles. The summed E-state index contributed by atoms with van der Waals surface area (Å²) in [6.45, 7) is 4.45. The predicted molar refractivity (Wildman–Crippen MR) is 122 cm³/mol. The molecule has 1 aliphatic heterocycles. The van der Waals surface area contributed by atoms with Crippen LogP contribution in [0.2, 0.25) is 0 Å². The predicted octanol–water partition coefficient (Wildman–Crippen LogP) is 3.34. The van der Waals surface area contributed by atoms with Gasteiger partial charge in [0, 0.05) is 24.8 Å². The molecule has 33 heavy (non-hydrogen) atoms. The highest BCUT2D eigenvalue weighted by Crippen LogP contribution is 2.26. The number of esters is 1. The van der Waals surface area contributed by atoms with E-state index in [1.165, 1.54) is 0 Å². The van der Waals surface area contributed by atoms with Crippen molar-refractivity contribution in [3.8, 4) is 22.7 Å². The van der Waals surface area contributed by atoms with Crippen LogP contribution in [-0.2, 0) is 14.3 Å². The Kier molecular flexibility index (Phi) is 6.74. The highest BCUT2D eigenvalue weighted by atomic mass is 16.5. The smallest absolute Gasteiger partial charge is 0.342 e. The summed E-state index contributed by atoms with van der Waals surface area (Å²) in [7, 11) is 1.59. The molecule has 0 saturated carbocycles. The molecule has 2 heterocycles. The maximum absolute atomic E-state index is 13.0. The second-order valence-electron chi connectivity index (χ2n) is 8.03. The third-order valence-corrected chi connectivity index (χ3v) is 5.42. The lowest BCUT2D eigenvalue weighted by Crippen LogP contribution is -2.49. The normalized spacial score (nSPS) is 18.1. The van der Waals surface area contributed by atoms with Crippen LogP contribution in [0, 0.1) is 0 Å². The lowest BCUT2D eigenvalue weighted by molar-refractivity contribution is -0.146. The Morgan fingerprint density at radius 3 is 2.33 bits per heavy atom. The summed E-state index contributed by atoms with van der Waals surface area (Å²) in [6.07, 6.45) is 1.51. The number of hydrogen-bond donors (Lipinski definition) is 0. The van der Waals surface area contributed by atoms with Crippen molar-refractivity contribution >= 4 is 11.9 Å². The first-order valence-corrected chi connectivity index (χ1v) is 10.8. The number of carbonyl (C=O) groups excluding carboxylic acids is 2. The molecule has 0 spiro atoms. The first-order valence-electron chi connectivity index (χ1n) is 10.8. The molecule has 0 bridgehead atoms. The van der Waals surface area contributed by atoms with Gasteiger partial charge in [-0.05, 0) is 50.2 Å². The van der Waals surface area contributed by atoms with Crippen LogP contribution in [0.5, 0.6) is 5.75 Å². The number of aromatic nitrogens is 2. The number of para-hydroxylation sites is 1. The quantitative estimate of drug-likeness (QED) is 0.537. The van der Waals surface area contributed by atoms with Crippen LogP contribution in [0.15, 0.2) is 60.8 Å². The topological polar surface area (TPSA) is 82.9 Å². The summed E-state index contributed by atoms with van der Waals surface area (Å²) in [5, 5.41) is 4.63. The zero-order valence-corrected chi connectivity index (χ0v) is 18.9. The Morgan fingerprint density at radius 1 is 1.03 bits per heavy atom. The summed E-state index contributed by atoms with van der Waals surface area (Å²) in [6, 6.07) is 16.7. The zero-order valence-electron chi connectivity index (χ0n) is 18.9. The highest BCUT2D eigenvalue weighted by molar-refractivity contribution is 5.97. The second-order valence-corrected chi connectivity index (χ2v) is 8.03. The van der Waals surface area contributed by atoms with Crippen molar-refractivity contribution in [1.82, 2.24) is 14.7 Å². The van der Waals surface area contributed by atoms with Gasteiger partial charge in [0.2, 0.25) is 0 Å². The SMILES string of the molecule is COc1ccc(-c2nn(-c3ccccc3)cc2C(=O)OCC(=O)N2CC(C)OC(C)C2)cc1. The minimum atomic E-state index is -0.606. The van der Waals surface area contributed by atoms with Gasteiger partial charge in [0.15, 0.2) is 6.61 Å². The number of morpholine rings is 1. The Bertz CT molecular complexity index is 1100. The number of benzene rings is 2. The number of carbonyl (C=O) groups is 2. The van der Waals surface area contributed by atoms with E-state index < -0.39 is 5.97 Å². The molecule has 1 aliphatic rings. The molecule has 8 nitrogen and oxygen atoms in total. The van der Waals surface area contributed by atoms with Crippen LogP contribution >= 0.6 is 0 Å². The minimum Gasteiger partial charge on any atom is -0.497 e. The fourth-order valence-electron chi connectivity index (χ4n) is 3.88. The van der Waals surface area contributed by atoms with Crippen LogP contribution in [0.4, 0.5) is 0 Å². The summed E-state index contributed by atoms with van der Waals surface area (Å²) in [5.41, 5.74) is 2.28. The van der Waals surface area contributed by atoms with Crippen LogP contribution in [-0.4, -0.2) is 65.6 Å². The van der Waals surface area contributed by atoms with Crippen molar-refractivity contribution in [2.45, 2.75) is 26.1 Å². The van der Waals surface area contributed by atoms with E-state index in [2.05, 4.69) is 5.10 Å². The first kappa shape index (κ1) is 22.5. The maximum atomic E-state index is 13.0. The standard InChI is InChI=1S/C25H27N3O5/c1-17-13-27(14-18(2)33-17)23(29)16-32-25(30)22-15-28(20-7-5-4-6-8-20)26-24(22)19-9-11-21(31-3)12-10-19/h4-12,15,17-18H,13-14,16H2,1-3H3. The van der Waals surface area contributed by atoms with Crippen LogP contribution in [0.1, 0.15) is 24.2 Å². The van der Waals surface area contributed by atoms with Gasteiger partial charge in [-0.2, -0.15) is 5.10 Å². The molecule has 0 N–H and O–H groups in total. The number of amides is 1. The van der Waals surface area contributed by atoms with Crippen molar-refractivity contribution in [2.24, 2.45) is 0 Å². The molecular weight excluding hydrogens is 422 g/mol. The molecular formula is C25H27N3O5. The fraction of sp³-hybridized carbons (Fsp3) is 0.320. The number of methoxy groups -OCH3 is 1. The Morgan fingerprint density at radius 2 is 1.70 bits per heavy atom. The number of ether oxygens (including phenoxy) is 3. The van der Waals surface area contributed by atoms with Crippen LogP contribution in [0.3, 0.4) is 0 Å². The summed E-state index contributed by atoms with van der Waals surface area (Å²) < 4.78 is 17.9. The van der Waals surface area contributed by atoms with Crippen molar-refractivity contribution in [3.63, 3.8) is 0 Å². The number of rotatable bonds is 6. The van der Waals surface area contributed by atoms with Gasteiger partial charge < -0.3 is 19.1 Å². The molecule has 1 amide bonds. The fourth-order valence-corrected chi connectivity index (χ4v) is 3.88. The first-order chi connectivity index (χ1) is 15.9. The molecule has 2 unspecified atom stereocenters. The van der Waals surface area contributed by atoms with E-state index >= 15 is 0 Å². The Labute approximate surface area is 192 Å². The number of nitrogens with zero attached hydrogens (tertiary/aromatic N) is 3. The van der Waals surface area contributed by atoms with E-state index in [-0.39, 0.29) is 30.3 Å². The van der Waals surface area contributed by atoms with Gasteiger partial charge in [-0.15, -0.1) is 0 Å². The monoisotopic (exact) mass is 449 g/mol.